The molecule has 0 unspecified atom stereocenters. The lowest BCUT2D eigenvalue weighted by atomic mass is 9.70. The molecule has 0 radical (unpaired) electrons. The van der Waals surface area contributed by atoms with Gasteiger partial charge < -0.3 is 15.0 Å². The molecule has 2 fully saturated rings. The molecule has 0 aromatic heterocycles. The van der Waals surface area contributed by atoms with Crippen molar-refractivity contribution in [1.29, 1.82) is 0 Å². The fraction of sp³-hybridized carbons (Fsp3) is 1.00. The van der Waals surface area contributed by atoms with E-state index in [1.54, 1.807) is 0 Å². The normalized spacial score (nSPS) is 32.7. The monoisotopic (exact) mass is 282 g/mol. The van der Waals surface area contributed by atoms with Crippen molar-refractivity contribution < 1.29 is 4.74 Å². The summed E-state index contributed by atoms with van der Waals surface area (Å²) >= 11 is 0. The van der Waals surface area contributed by atoms with Gasteiger partial charge in [-0.3, -0.25) is 0 Å². The van der Waals surface area contributed by atoms with E-state index in [-0.39, 0.29) is 0 Å². The van der Waals surface area contributed by atoms with Crippen LogP contribution in [0.25, 0.3) is 0 Å². The number of nitrogens with zero attached hydrogens (tertiary/aromatic N) is 1. The molecule has 0 atom stereocenters. The fourth-order valence-corrected chi connectivity index (χ4v) is 4.15. The number of hydrogen-bond acceptors (Lipinski definition) is 3. The van der Waals surface area contributed by atoms with Gasteiger partial charge in [0.1, 0.15) is 0 Å². The van der Waals surface area contributed by atoms with Gasteiger partial charge in [0.05, 0.1) is 0 Å². The van der Waals surface area contributed by atoms with Gasteiger partial charge in [-0.25, -0.2) is 0 Å². The molecule has 1 heterocycles. The summed E-state index contributed by atoms with van der Waals surface area (Å²) in [6.45, 7) is 8.05. The van der Waals surface area contributed by atoms with Crippen molar-refractivity contribution in [3.63, 3.8) is 0 Å². The van der Waals surface area contributed by atoms with Crippen molar-refractivity contribution in [3.05, 3.63) is 0 Å². The molecule has 3 nitrogen and oxygen atoms in total. The van der Waals surface area contributed by atoms with Crippen LogP contribution in [0.15, 0.2) is 0 Å². The Morgan fingerprint density at radius 3 is 2.40 bits per heavy atom. The molecule has 0 aromatic rings. The molecule has 3 heteroatoms. The third kappa shape index (κ3) is 4.71. The Morgan fingerprint density at radius 1 is 1.15 bits per heavy atom. The summed E-state index contributed by atoms with van der Waals surface area (Å²) < 4.78 is 5.47. The van der Waals surface area contributed by atoms with Gasteiger partial charge in [0.15, 0.2) is 0 Å². The Morgan fingerprint density at radius 2 is 1.80 bits per heavy atom. The fourth-order valence-electron chi connectivity index (χ4n) is 4.15. The van der Waals surface area contributed by atoms with E-state index in [2.05, 4.69) is 31.2 Å². The Hall–Kier alpha value is -0.120. The first-order valence-electron chi connectivity index (χ1n) is 8.54. The van der Waals surface area contributed by atoms with E-state index in [9.17, 15) is 0 Å². The molecule has 1 saturated heterocycles. The van der Waals surface area contributed by atoms with E-state index in [4.69, 9.17) is 4.74 Å². The highest BCUT2D eigenvalue weighted by atomic mass is 16.5. The van der Waals surface area contributed by atoms with Crippen LogP contribution in [0.5, 0.6) is 0 Å². The second-order valence-corrected chi connectivity index (χ2v) is 7.47. The van der Waals surface area contributed by atoms with E-state index in [1.807, 2.05) is 0 Å². The Labute approximate surface area is 125 Å². The highest BCUT2D eigenvalue weighted by molar-refractivity contribution is 4.89. The first-order chi connectivity index (χ1) is 9.63. The highest BCUT2D eigenvalue weighted by Gasteiger charge is 2.34. The summed E-state index contributed by atoms with van der Waals surface area (Å²) in [6.07, 6.45) is 8.11. The molecule has 0 bridgehead atoms. The van der Waals surface area contributed by atoms with Crippen molar-refractivity contribution in [3.8, 4) is 0 Å². The first kappa shape index (κ1) is 16.3. The van der Waals surface area contributed by atoms with Crippen molar-refractivity contribution in [2.45, 2.75) is 45.4 Å². The predicted octanol–water partition coefficient (Wildman–Crippen LogP) is 2.76. The number of nitrogens with one attached hydrogen (secondary N) is 1. The van der Waals surface area contributed by atoms with E-state index in [1.165, 1.54) is 58.2 Å². The molecule has 20 heavy (non-hydrogen) atoms. The third-order valence-corrected chi connectivity index (χ3v) is 5.40. The maximum Gasteiger partial charge on any atom is 0.0469 e. The van der Waals surface area contributed by atoms with Crippen molar-refractivity contribution in [2.24, 2.45) is 17.3 Å². The Kier molecular flexibility index (Phi) is 6.31. The van der Waals surface area contributed by atoms with Crippen molar-refractivity contribution >= 4 is 0 Å². The second kappa shape index (κ2) is 7.77. The summed E-state index contributed by atoms with van der Waals surface area (Å²) in [6, 6.07) is 0. The minimum absolute atomic E-state index is 0.515. The first-order valence-corrected chi connectivity index (χ1v) is 8.54. The van der Waals surface area contributed by atoms with E-state index < -0.39 is 0 Å². The van der Waals surface area contributed by atoms with Gasteiger partial charge in [-0.1, -0.05) is 19.8 Å². The Balaban J connectivity index is 1.83. The average molecular weight is 282 g/mol. The zero-order valence-electron chi connectivity index (χ0n) is 13.8. The van der Waals surface area contributed by atoms with Crippen LogP contribution in [-0.4, -0.2) is 51.8 Å². The van der Waals surface area contributed by atoms with Gasteiger partial charge in [-0.15, -0.1) is 0 Å². The van der Waals surface area contributed by atoms with Crippen LogP contribution in [0.2, 0.25) is 0 Å². The predicted molar refractivity (Wildman–Crippen MR) is 85.0 cm³/mol. The third-order valence-electron chi connectivity index (χ3n) is 5.40. The summed E-state index contributed by atoms with van der Waals surface area (Å²) in [4.78, 5) is 2.60. The summed E-state index contributed by atoms with van der Waals surface area (Å²) in [5, 5.41) is 3.46. The molecule has 118 valence electrons. The highest BCUT2D eigenvalue weighted by Crippen LogP contribution is 2.39. The molecular weight excluding hydrogens is 248 g/mol. The van der Waals surface area contributed by atoms with Crippen LogP contribution in [0, 0.1) is 17.3 Å². The van der Waals surface area contributed by atoms with Gasteiger partial charge in [0.25, 0.3) is 0 Å². The van der Waals surface area contributed by atoms with E-state index in [0.29, 0.717) is 5.41 Å². The SMILES string of the molecule is CNCC1(CN(C)CC2CCOCC2)CCC(C)CC1. The topological polar surface area (TPSA) is 24.5 Å². The molecule has 1 N–H and O–H groups in total. The molecule has 0 aromatic carbocycles. The van der Waals surface area contributed by atoms with Crippen LogP contribution in [-0.2, 0) is 4.74 Å². The molecule has 2 aliphatic rings. The smallest absolute Gasteiger partial charge is 0.0469 e. The summed E-state index contributed by atoms with van der Waals surface area (Å²) in [5.74, 6) is 1.78. The van der Waals surface area contributed by atoms with Gasteiger partial charge in [-0.2, -0.15) is 0 Å². The quantitative estimate of drug-likeness (QED) is 0.811. The zero-order valence-corrected chi connectivity index (χ0v) is 13.8. The second-order valence-electron chi connectivity index (χ2n) is 7.47. The van der Waals surface area contributed by atoms with Crippen LogP contribution in [0.4, 0.5) is 0 Å². The lowest BCUT2D eigenvalue weighted by Gasteiger charge is -2.42. The summed E-state index contributed by atoms with van der Waals surface area (Å²) in [5.41, 5.74) is 0.515. The zero-order chi connectivity index (χ0) is 14.4. The maximum absolute atomic E-state index is 5.47. The molecule has 0 spiro atoms. The van der Waals surface area contributed by atoms with Crippen LogP contribution < -0.4 is 5.32 Å². The van der Waals surface area contributed by atoms with Crippen molar-refractivity contribution in [1.82, 2.24) is 10.2 Å². The number of ether oxygens (including phenoxy) is 1. The minimum Gasteiger partial charge on any atom is -0.381 e. The van der Waals surface area contributed by atoms with E-state index >= 15 is 0 Å². The Bertz CT molecular complexity index is 268. The summed E-state index contributed by atoms with van der Waals surface area (Å²) in [7, 11) is 4.43. The molecule has 1 aliphatic heterocycles. The number of hydrogen-bond donors (Lipinski definition) is 1. The van der Waals surface area contributed by atoms with Gasteiger partial charge >= 0.3 is 0 Å². The molecular formula is C17H34N2O. The number of rotatable bonds is 6. The molecule has 1 saturated carbocycles. The van der Waals surface area contributed by atoms with Crippen LogP contribution >= 0.6 is 0 Å². The molecule has 0 amide bonds. The van der Waals surface area contributed by atoms with Gasteiger partial charge in [0, 0.05) is 32.8 Å². The standard InChI is InChI=1S/C17H34N2O/c1-15-4-8-17(9-5-15,13-18-2)14-19(3)12-16-6-10-20-11-7-16/h15-16,18H,4-14H2,1-3H3. The average Bonchev–Trinajstić information content (AvgIpc) is 2.43. The maximum atomic E-state index is 5.47. The van der Waals surface area contributed by atoms with Gasteiger partial charge in [0.2, 0.25) is 0 Å². The van der Waals surface area contributed by atoms with Crippen LogP contribution in [0.1, 0.15) is 45.4 Å². The van der Waals surface area contributed by atoms with Gasteiger partial charge in [-0.05, 0) is 57.0 Å². The largest absolute Gasteiger partial charge is 0.381 e. The molecule has 2 rings (SSSR count). The lowest BCUT2D eigenvalue weighted by Crippen LogP contribution is -2.45. The molecule has 1 aliphatic carbocycles. The van der Waals surface area contributed by atoms with E-state index in [0.717, 1.165) is 25.0 Å². The minimum atomic E-state index is 0.515. The van der Waals surface area contributed by atoms with Crippen molar-refractivity contribution in [2.75, 3.05) is 46.9 Å². The van der Waals surface area contributed by atoms with Crippen LogP contribution in [0.3, 0.4) is 0 Å². The lowest BCUT2D eigenvalue weighted by molar-refractivity contribution is 0.0424.